The number of hydrogen-bond acceptors (Lipinski definition) is 1. The summed E-state index contributed by atoms with van der Waals surface area (Å²) in [4.78, 5) is 0. The summed E-state index contributed by atoms with van der Waals surface area (Å²) in [5.74, 6) is 0. The smallest absolute Gasteiger partial charge is 0.0252 e. The molecular formula is C11H19N. The van der Waals surface area contributed by atoms with Crippen molar-refractivity contribution in [2.45, 2.75) is 44.7 Å². The van der Waals surface area contributed by atoms with Crippen molar-refractivity contribution in [2.24, 2.45) is 0 Å². The molecule has 0 aromatic carbocycles. The van der Waals surface area contributed by atoms with Gasteiger partial charge in [-0.05, 0) is 26.2 Å². The third-order valence-corrected chi connectivity index (χ3v) is 2.39. The second kappa shape index (κ2) is 5.15. The van der Waals surface area contributed by atoms with Crippen LogP contribution in [0.4, 0.5) is 0 Å². The first-order chi connectivity index (χ1) is 5.86. The zero-order chi connectivity index (χ0) is 8.81. The Kier molecular flexibility index (Phi) is 4.09. The van der Waals surface area contributed by atoms with Gasteiger partial charge in [0.1, 0.15) is 0 Å². The summed E-state index contributed by atoms with van der Waals surface area (Å²) >= 11 is 0. The van der Waals surface area contributed by atoms with Gasteiger partial charge in [-0.15, -0.1) is 6.58 Å². The lowest BCUT2D eigenvalue weighted by atomic mass is 9.96. The van der Waals surface area contributed by atoms with E-state index < -0.39 is 0 Å². The monoisotopic (exact) mass is 165 g/mol. The maximum atomic E-state index is 3.77. The normalized spacial score (nSPS) is 30.8. The summed E-state index contributed by atoms with van der Waals surface area (Å²) in [6.45, 7) is 5.85. The van der Waals surface area contributed by atoms with Gasteiger partial charge in [0.2, 0.25) is 0 Å². The van der Waals surface area contributed by atoms with Crippen LogP contribution in [0.2, 0.25) is 0 Å². The highest BCUT2D eigenvalue weighted by atomic mass is 15.0. The number of hydrogen-bond donors (Lipinski definition) is 1. The number of allylic oxidation sites excluding steroid dienone is 1. The van der Waals surface area contributed by atoms with Gasteiger partial charge in [0, 0.05) is 12.1 Å². The second-order valence-corrected chi connectivity index (χ2v) is 3.45. The van der Waals surface area contributed by atoms with Gasteiger partial charge >= 0.3 is 0 Å². The first-order valence-electron chi connectivity index (χ1n) is 4.86. The molecule has 1 heteroatoms. The van der Waals surface area contributed by atoms with E-state index in [0.29, 0.717) is 12.1 Å². The van der Waals surface area contributed by atoms with E-state index in [9.17, 15) is 0 Å². The van der Waals surface area contributed by atoms with E-state index in [-0.39, 0.29) is 0 Å². The summed E-state index contributed by atoms with van der Waals surface area (Å²) < 4.78 is 0. The fraction of sp³-hybridized carbons (Fsp3) is 0.636. The predicted octanol–water partition coefficient (Wildman–Crippen LogP) is 2.65. The van der Waals surface area contributed by atoms with Crippen LogP contribution in [0.1, 0.15) is 32.6 Å². The highest BCUT2D eigenvalue weighted by molar-refractivity contribution is 4.96. The van der Waals surface area contributed by atoms with Crippen LogP contribution in [0.25, 0.3) is 0 Å². The van der Waals surface area contributed by atoms with E-state index in [1.54, 1.807) is 0 Å². The van der Waals surface area contributed by atoms with Crippen LogP contribution in [-0.4, -0.2) is 12.1 Å². The largest absolute Gasteiger partial charge is 0.307 e. The molecule has 1 saturated heterocycles. The zero-order valence-electron chi connectivity index (χ0n) is 7.92. The first-order valence-corrected chi connectivity index (χ1v) is 4.86. The van der Waals surface area contributed by atoms with Crippen molar-refractivity contribution in [3.05, 3.63) is 24.8 Å². The average Bonchev–Trinajstić information content (AvgIpc) is 2.06. The molecule has 1 N–H and O–H groups in total. The lowest BCUT2D eigenvalue weighted by Gasteiger charge is -2.28. The maximum Gasteiger partial charge on any atom is 0.0252 e. The summed E-state index contributed by atoms with van der Waals surface area (Å²) in [7, 11) is 0. The SMILES string of the molecule is C=CCC1CCCC(C=CC)N1. The molecule has 2 unspecified atom stereocenters. The van der Waals surface area contributed by atoms with Crippen molar-refractivity contribution in [3.8, 4) is 0 Å². The molecule has 1 nitrogen and oxygen atoms in total. The van der Waals surface area contributed by atoms with Gasteiger partial charge in [-0.2, -0.15) is 0 Å². The fourth-order valence-corrected chi connectivity index (χ4v) is 1.82. The molecule has 0 bridgehead atoms. The molecule has 0 saturated carbocycles. The van der Waals surface area contributed by atoms with Crippen molar-refractivity contribution in [1.82, 2.24) is 5.32 Å². The molecule has 1 aliphatic heterocycles. The van der Waals surface area contributed by atoms with Crippen molar-refractivity contribution in [3.63, 3.8) is 0 Å². The third-order valence-electron chi connectivity index (χ3n) is 2.39. The molecule has 2 atom stereocenters. The lowest BCUT2D eigenvalue weighted by molar-refractivity contribution is 0.357. The molecule has 0 amide bonds. The van der Waals surface area contributed by atoms with Crippen molar-refractivity contribution < 1.29 is 0 Å². The Bertz CT molecular complexity index is 160. The molecule has 0 spiro atoms. The summed E-state index contributed by atoms with van der Waals surface area (Å²) in [5.41, 5.74) is 0. The fourth-order valence-electron chi connectivity index (χ4n) is 1.82. The van der Waals surface area contributed by atoms with Crippen molar-refractivity contribution >= 4 is 0 Å². The summed E-state index contributed by atoms with van der Waals surface area (Å²) in [6.07, 6.45) is 11.4. The highest BCUT2D eigenvalue weighted by Gasteiger charge is 2.16. The molecule has 0 aromatic rings. The minimum Gasteiger partial charge on any atom is -0.307 e. The van der Waals surface area contributed by atoms with Gasteiger partial charge < -0.3 is 5.32 Å². The topological polar surface area (TPSA) is 12.0 Å². The van der Waals surface area contributed by atoms with Gasteiger partial charge in [0.15, 0.2) is 0 Å². The minimum atomic E-state index is 0.605. The van der Waals surface area contributed by atoms with E-state index in [0.717, 1.165) is 6.42 Å². The van der Waals surface area contributed by atoms with E-state index in [4.69, 9.17) is 0 Å². The summed E-state index contributed by atoms with van der Waals surface area (Å²) in [5, 5.41) is 3.60. The molecule has 12 heavy (non-hydrogen) atoms. The summed E-state index contributed by atoms with van der Waals surface area (Å²) in [6, 6.07) is 1.27. The van der Waals surface area contributed by atoms with Crippen LogP contribution >= 0.6 is 0 Å². The quantitative estimate of drug-likeness (QED) is 0.634. The van der Waals surface area contributed by atoms with E-state index in [1.807, 2.05) is 6.08 Å². The molecule has 1 aliphatic rings. The molecule has 0 aromatic heterocycles. The van der Waals surface area contributed by atoms with E-state index >= 15 is 0 Å². The van der Waals surface area contributed by atoms with Crippen LogP contribution in [-0.2, 0) is 0 Å². The Balaban J connectivity index is 2.34. The van der Waals surface area contributed by atoms with Crippen molar-refractivity contribution in [2.75, 3.05) is 0 Å². The van der Waals surface area contributed by atoms with Gasteiger partial charge in [0.05, 0.1) is 0 Å². The van der Waals surface area contributed by atoms with Crippen LogP contribution in [0.5, 0.6) is 0 Å². The predicted molar refractivity (Wildman–Crippen MR) is 54.2 cm³/mol. The van der Waals surface area contributed by atoms with E-state index in [2.05, 4.69) is 31.0 Å². The van der Waals surface area contributed by atoms with Gasteiger partial charge in [0.25, 0.3) is 0 Å². The minimum absolute atomic E-state index is 0.605. The Morgan fingerprint density at radius 1 is 1.50 bits per heavy atom. The highest BCUT2D eigenvalue weighted by Crippen LogP contribution is 2.15. The molecule has 1 fully saturated rings. The Morgan fingerprint density at radius 3 is 3.00 bits per heavy atom. The zero-order valence-corrected chi connectivity index (χ0v) is 7.92. The molecule has 1 heterocycles. The van der Waals surface area contributed by atoms with Crippen LogP contribution < -0.4 is 5.32 Å². The van der Waals surface area contributed by atoms with Gasteiger partial charge in [-0.1, -0.05) is 24.6 Å². The van der Waals surface area contributed by atoms with Crippen LogP contribution in [0.15, 0.2) is 24.8 Å². The molecule has 68 valence electrons. The van der Waals surface area contributed by atoms with Gasteiger partial charge in [-0.25, -0.2) is 0 Å². The Labute approximate surface area is 75.6 Å². The van der Waals surface area contributed by atoms with Crippen LogP contribution in [0, 0.1) is 0 Å². The lowest BCUT2D eigenvalue weighted by Crippen LogP contribution is -2.40. The number of rotatable bonds is 3. The molecule has 1 rings (SSSR count). The van der Waals surface area contributed by atoms with E-state index in [1.165, 1.54) is 19.3 Å². The van der Waals surface area contributed by atoms with Crippen molar-refractivity contribution in [1.29, 1.82) is 0 Å². The van der Waals surface area contributed by atoms with Gasteiger partial charge in [-0.3, -0.25) is 0 Å². The second-order valence-electron chi connectivity index (χ2n) is 3.45. The number of nitrogens with one attached hydrogen (secondary N) is 1. The Morgan fingerprint density at radius 2 is 2.33 bits per heavy atom. The molecule has 0 radical (unpaired) electrons. The standard InChI is InChI=1S/C11H19N/c1-3-6-10-8-5-9-11(12-10)7-4-2/h3-4,7,10-12H,1,5-6,8-9H2,2H3. The molecule has 0 aliphatic carbocycles. The first kappa shape index (κ1) is 9.53. The average molecular weight is 165 g/mol. The Hall–Kier alpha value is -0.560. The number of piperidine rings is 1. The molecular weight excluding hydrogens is 146 g/mol. The third kappa shape index (κ3) is 2.82. The maximum absolute atomic E-state index is 3.77. The van der Waals surface area contributed by atoms with Crippen LogP contribution in [0.3, 0.4) is 0 Å².